The lowest BCUT2D eigenvalue weighted by Gasteiger charge is -2.39. The molecule has 0 bridgehead atoms. The molecule has 1 amide bonds. The van der Waals surface area contributed by atoms with Crippen molar-refractivity contribution in [3.63, 3.8) is 0 Å². The number of hydrogen-bond acceptors (Lipinski definition) is 3. The van der Waals surface area contributed by atoms with E-state index in [1.165, 1.54) is 7.11 Å². The summed E-state index contributed by atoms with van der Waals surface area (Å²) in [6.45, 7) is 5.69. The van der Waals surface area contributed by atoms with Crippen LogP contribution in [0.1, 0.15) is 40.0 Å². The van der Waals surface area contributed by atoms with Crippen molar-refractivity contribution in [3.8, 4) is 0 Å². The Morgan fingerprint density at radius 3 is 2.07 bits per heavy atom. The average Bonchev–Trinajstić information content (AvgIpc) is 1.98. The van der Waals surface area contributed by atoms with E-state index >= 15 is 0 Å². The minimum absolute atomic E-state index is 0.201. The van der Waals surface area contributed by atoms with Crippen molar-refractivity contribution >= 4 is 11.9 Å². The molecule has 1 saturated carbocycles. The smallest absolute Gasteiger partial charge is 0.321 e. The van der Waals surface area contributed by atoms with Gasteiger partial charge in [0.05, 0.1) is 7.11 Å². The summed E-state index contributed by atoms with van der Waals surface area (Å²) in [6, 6.07) is 0. The zero-order chi connectivity index (χ0) is 11.7. The van der Waals surface area contributed by atoms with Gasteiger partial charge < -0.3 is 10.1 Å². The lowest BCUT2D eigenvalue weighted by molar-refractivity contribution is -0.165. The standard InChI is InChI=1S/C11H19NO3/c1-10(2,3)12-8(13)11(6-5-7-11)9(14)15-4/h5-7H2,1-4H3,(H,12,13). The largest absolute Gasteiger partial charge is 0.468 e. The quantitative estimate of drug-likeness (QED) is 0.554. The van der Waals surface area contributed by atoms with Crippen LogP contribution in [0.4, 0.5) is 0 Å². The van der Waals surface area contributed by atoms with Gasteiger partial charge in [0.25, 0.3) is 0 Å². The summed E-state index contributed by atoms with van der Waals surface area (Å²) in [5, 5.41) is 2.84. The summed E-state index contributed by atoms with van der Waals surface area (Å²) < 4.78 is 4.69. The number of carbonyl (C=O) groups excluding carboxylic acids is 2. The molecular formula is C11H19NO3. The molecule has 0 atom stereocenters. The number of amides is 1. The minimum Gasteiger partial charge on any atom is -0.468 e. The topological polar surface area (TPSA) is 55.4 Å². The summed E-state index contributed by atoms with van der Waals surface area (Å²) >= 11 is 0. The lowest BCUT2D eigenvalue weighted by atomic mass is 9.67. The van der Waals surface area contributed by atoms with Crippen molar-refractivity contribution in [1.82, 2.24) is 5.32 Å². The van der Waals surface area contributed by atoms with Gasteiger partial charge >= 0.3 is 5.97 Å². The molecule has 0 saturated heterocycles. The number of methoxy groups -OCH3 is 1. The van der Waals surface area contributed by atoms with Crippen molar-refractivity contribution in [3.05, 3.63) is 0 Å². The third-order valence-corrected chi connectivity index (χ3v) is 2.71. The van der Waals surface area contributed by atoms with Crippen molar-refractivity contribution in [2.24, 2.45) is 5.41 Å². The first-order valence-electron chi connectivity index (χ1n) is 5.23. The Morgan fingerprint density at radius 1 is 1.27 bits per heavy atom. The number of ether oxygens (including phenoxy) is 1. The van der Waals surface area contributed by atoms with Crippen LogP contribution in [0, 0.1) is 5.41 Å². The summed E-state index contributed by atoms with van der Waals surface area (Å²) in [5.41, 5.74) is -1.23. The monoisotopic (exact) mass is 213 g/mol. The second-order valence-corrected chi connectivity index (χ2v) is 5.13. The first-order chi connectivity index (χ1) is 6.82. The van der Waals surface area contributed by atoms with E-state index < -0.39 is 11.4 Å². The molecule has 1 rings (SSSR count). The van der Waals surface area contributed by atoms with Gasteiger partial charge in [-0.15, -0.1) is 0 Å². The third-order valence-electron chi connectivity index (χ3n) is 2.71. The van der Waals surface area contributed by atoms with Crippen molar-refractivity contribution in [1.29, 1.82) is 0 Å². The SMILES string of the molecule is COC(=O)C1(C(=O)NC(C)(C)C)CCC1. The van der Waals surface area contributed by atoms with Crippen LogP contribution in [-0.4, -0.2) is 24.5 Å². The van der Waals surface area contributed by atoms with Crippen LogP contribution < -0.4 is 5.32 Å². The molecule has 0 unspecified atom stereocenters. The van der Waals surface area contributed by atoms with Crippen LogP contribution >= 0.6 is 0 Å². The van der Waals surface area contributed by atoms with Crippen LogP contribution in [-0.2, 0) is 14.3 Å². The van der Waals surface area contributed by atoms with Gasteiger partial charge in [-0.2, -0.15) is 0 Å². The number of nitrogens with one attached hydrogen (secondary N) is 1. The van der Waals surface area contributed by atoms with Gasteiger partial charge in [0.1, 0.15) is 5.41 Å². The molecule has 4 nitrogen and oxygen atoms in total. The molecule has 0 aromatic carbocycles. The molecule has 0 spiro atoms. The normalized spacial score (nSPS) is 18.9. The molecule has 86 valence electrons. The summed E-state index contributed by atoms with van der Waals surface area (Å²) in [5.74, 6) is -0.608. The highest BCUT2D eigenvalue weighted by Crippen LogP contribution is 2.42. The fourth-order valence-corrected chi connectivity index (χ4v) is 1.71. The van der Waals surface area contributed by atoms with Crippen molar-refractivity contribution < 1.29 is 14.3 Å². The summed E-state index contributed by atoms with van der Waals surface area (Å²) in [6.07, 6.45) is 2.11. The lowest BCUT2D eigenvalue weighted by Crippen LogP contribution is -2.55. The molecule has 0 radical (unpaired) electrons. The highest BCUT2D eigenvalue weighted by Gasteiger charge is 2.52. The molecule has 15 heavy (non-hydrogen) atoms. The number of esters is 1. The predicted octanol–water partition coefficient (Wildman–Crippen LogP) is 1.24. The van der Waals surface area contributed by atoms with E-state index in [0.29, 0.717) is 12.8 Å². The first-order valence-corrected chi connectivity index (χ1v) is 5.23. The molecule has 0 aliphatic heterocycles. The van der Waals surface area contributed by atoms with Crippen LogP contribution in [0.25, 0.3) is 0 Å². The molecule has 0 aromatic rings. The van der Waals surface area contributed by atoms with E-state index in [2.05, 4.69) is 5.32 Å². The predicted molar refractivity (Wildman–Crippen MR) is 56.2 cm³/mol. The van der Waals surface area contributed by atoms with E-state index in [1.807, 2.05) is 20.8 Å². The molecule has 1 N–H and O–H groups in total. The van der Waals surface area contributed by atoms with Gasteiger partial charge in [0.2, 0.25) is 5.91 Å². The molecule has 1 aliphatic rings. The molecule has 4 heteroatoms. The van der Waals surface area contributed by atoms with Crippen LogP contribution in [0.5, 0.6) is 0 Å². The Kier molecular flexibility index (Phi) is 3.07. The zero-order valence-electron chi connectivity index (χ0n) is 9.85. The second kappa shape index (κ2) is 3.83. The van der Waals surface area contributed by atoms with Gasteiger partial charge in [0.15, 0.2) is 0 Å². The molecular weight excluding hydrogens is 194 g/mol. The highest BCUT2D eigenvalue weighted by atomic mass is 16.5. The van der Waals surface area contributed by atoms with Gasteiger partial charge in [-0.1, -0.05) is 6.42 Å². The fourth-order valence-electron chi connectivity index (χ4n) is 1.71. The Bertz CT molecular complexity index is 274. The Morgan fingerprint density at radius 2 is 1.80 bits per heavy atom. The van der Waals surface area contributed by atoms with Crippen LogP contribution in [0.3, 0.4) is 0 Å². The van der Waals surface area contributed by atoms with E-state index in [-0.39, 0.29) is 11.4 Å². The van der Waals surface area contributed by atoms with Crippen LogP contribution in [0.2, 0.25) is 0 Å². The fraction of sp³-hybridized carbons (Fsp3) is 0.818. The number of rotatable bonds is 2. The van der Waals surface area contributed by atoms with Crippen LogP contribution in [0.15, 0.2) is 0 Å². The summed E-state index contributed by atoms with van der Waals surface area (Å²) in [4.78, 5) is 23.5. The first kappa shape index (κ1) is 12.0. The zero-order valence-corrected chi connectivity index (χ0v) is 9.85. The Balaban J connectivity index is 2.75. The average molecular weight is 213 g/mol. The second-order valence-electron chi connectivity index (χ2n) is 5.13. The maximum absolute atomic E-state index is 12.0. The maximum Gasteiger partial charge on any atom is 0.321 e. The maximum atomic E-state index is 12.0. The van der Waals surface area contributed by atoms with Gasteiger partial charge in [-0.25, -0.2) is 0 Å². The molecule has 1 fully saturated rings. The Labute approximate surface area is 90.4 Å². The number of hydrogen-bond donors (Lipinski definition) is 1. The minimum atomic E-state index is -0.915. The van der Waals surface area contributed by atoms with E-state index in [9.17, 15) is 9.59 Å². The highest BCUT2D eigenvalue weighted by molar-refractivity contribution is 6.03. The van der Waals surface area contributed by atoms with Crippen molar-refractivity contribution in [2.75, 3.05) is 7.11 Å². The van der Waals surface area contributed by atoms with Gasteiger partial charge in [-0.05, 0) is 33.6 Å². The molecule has 0 aromatic heterocycles. The molecule has 1 aliphatic carbocycles. The van der Waals surface area contributed by atoms with Gasteiger partial charge in [0, 0.05) is 5.54 Å². The third kappa shape index (κ3) is 2.30. The molecule has 0 heterocycles. The van der Waals surface area contributed by atoms with Gasteiger partial charge in [-0.3, -0.25) is 9.59 Å². The number of carbonyl (C=O) groups is 2. The van der Waals surface area contributed by atoms with E-state index in [4.69, 9.17) is 4.74 Å². The van der Waals surface area contributed by atoms with E-state index in [1.54, 1.807) is 0 Å². The van der Waals surface area contributed by atoms with E-state index in [0.717, 1.165) is 6.42 Å². The van der Waals surface area contributed by atoms with Crippen molar-refractivity contribution in [2.45, 2.75) is 45.6 Å². The Hall–Kier alpha value is -1.06. The summed E-state index contributed by atoms with van der Waals surface area (Å²) in [7, 11) is 1.33.